The number of aryl methyl sites for hydroxylation is 1. The third-order valence-corrected chi connectivity index (χ3v) is 3.65. The largest absolute Gasteiger partial charge is 0.374 e. The van der Waals surface area contributed by atoms with Crippen LogP contribution in [0, 0.1) is 12.7 Å². The Morgan fingerprint density at radius 2 is 1.87 bits per heavy atom. The molecule has 0 saturated heterocycles. The second-order valence-corrected chi connectivity index (χ2v) is 5.85. The van der Waals surface area contributed by atoms with Crippen molar-refractivity contribution >= 4 is 29.0 Å². The fourth-order valence-electron chi connectivity index (χ4n) is 1.86. The summed E-state index contributed by atoms with van der Waals surface area (Å²) in [6, 6.07) is 10.7. The number of nitrogens with one attached hydrogen (secondary N) is 2. The SMILES string of the molecule is Cc1ccc(NCC(=O)Nc2ccc(SC(F)F)cc2)c(F)c1. The number of anilines is 2. The molecule has 7 heteroatoms. The average molecular weight is 340 g/mol. The van der Waals surface area contributed by atoms with E-state index in [1.807, 2.05) is 0 Å². The monoisotopic (exact) mass is 340 g/mol. The number of alkyl halides is 2. The lowest BCUT2D eigenvalue weighted by Crippen LogP contribution is -2.22. The van der Waals surface area contributed by atoms with Crippen LogP contribution in [-0.2, 0) is 4.79 Å². The molecule has 0 heterocycles. The van der Waals surface area contributed by atoms with Gasteiger partial charge in [0.2, 0.25) is 5.91 Å². The van der Waals surface area contributed by atoms with Crippen molar-refractivity contribution in [3.63, 3.8) is 0 Å². The molecule has 0 fully saturated rings. The number of rotatable bonds is 6. The summed E-state index contributed by atoms with van der Waals surface area (Å²) in [5.41, 5.74) is 1.52. The molecular weight excluding hydrogens is 325 g/mol. The molecule has 1 amide bonds. The molecule has 0 atom stereocenters. The Kier molecular flexibility index (Phi) is 5.92. The quantitative estimate of drug-likeness (QED) is 0.761. The highest BCUT2D eigenvalue weighted by molar-refractivity contribution is 7.99. The summed E-state index contributed by atoms with van der Waals surface area (Å²) in [4.78, 5) is 12.2. The van der Waals surface area contributed by atoms with Gasteiger partial charge in [-0.2, -0.15) is 8.78 Å². The van der Waals surface area contributed by atoms with Crippen LogP contribution < -0.4 is 10.6 Å². The van der Waals surface area contributed by atoms with Gasteiger partial charge in [-0.1, -0.05) is 17.8 Å². The molecule has 23 heavy (non-hydrogen) atoms. The number of hydrogen-bond donors (Lipinski definition) is 2. The normalized spacial score (nSPS) is 10.7. The number of halogens is 3. The lowest BCUT2D eigenvalue weighted by atomic mass is 10.2. The van der Waals surface area contributed by atoms with Crippen molar-refractivity contribution in [1.29, 1.82) is 0 Å². The molecule has 0 radical (unpaired) electrons. The summed E-state index contributed by atoms with van der Waals surface area (Å²) in [7, 11) is 0. The number of carbonyl (C=O) groups is 1. The molecule has 2 aromatic carbocycles. The maximum absolute atomic E-state index is 13.6. The van der Waals surface area contributed by atoms with E-state index in [0.717, 1.165) is 5.56 Å². The maximum atomic E-state index is 13.6. The summed E-state index contributed by atoms with van der Waals surface area (Å²) in [6.07, 6.45) is 0. The summed E-state index contributed by atoms with van der Waals surface area (Å²) in [5.74, 6) is -3.27. The Morgan fingerprint density at radius 1 is 1.17 bits per heavy atom. The van der Waals surface area contributed by atoms with Gasteiger partial charge in [0.05, 0.1) is 12.2 Å². The average Bonchev–Trinajstić information content (AvgIpc) is 2.48. The van der Waals surface area contributed by atoms with Crippen LogP contribution in [-0.4, -0.2) is 18.2 Å². The summed E-state index contributed by atoms with van der Waals surface area (Å²) in [5, 5.41) is 5.31. The van der Waals surface area contributed by atoms with E-state index in [-0.39, 0.29) is 18.1 Å². The van der Waals surface area contributed by atoms with Crippen LogP contribution in [0.2, 0.25) is 0 Å². The van der Waals surface area contributed by atoms with Crippen LogP contribution in [0.15, 0.2) is 47.4 Å². The third kappa shape index (κ3) is 5.52. The number of amides is 1. The first kappa shape index (κ1) is 17.2. The van der Waals surface area contributed by atoms with Gasteiger partial charge in [-0.05, 0) is 48.9 Å². The molecule has 122 valence electrons. The Bertz CT molecular complexity index is 678. The van der Waals surface area contributed by atoms with Gasteiger partial charge in [0.15, 0.2) is 0 Å². The Hall–Kier alpha value is -2.15. The standard InChI is InChI=1S/C16H15F3N2OS/c1-10-2-7-14(13(17)8-10)20-9-15(22)21-11-3-5-12(6-4-11)23-16(18)19/h2-8,16,20H,9H2,1H3,(H,21,22). The highest BCUT2D eigenvalue weighted by Crippen LogP contribution is 2.26. The third-order valence-electron chi connectivity index (χ3n) is 2.93. The zero-order valence-corrected chi connectivity index (χ0v) is 13.1. The molecule has 0 unspecified atom stereocenters. The van der Waals surface area contributed by atoms with Crippen LogP contribution in [0.1, 0.15) is 5.56 Å². The van der Waals surface area contributed by atoms with Crippen molar-refractivity contribution in [1.82, 2.24) is 0 Å². The molecular formula is C16H15F3N2OS. The van der Waals surface area contributed by atoms with Gasteiger partial charge in [-0.3, -0.25) is 4.79 Å². The van der Waals surface area contributed by atoms with E-state index in [2.05, 4.69) is 10.6 Å². The topological polar surface area (TPSA) is 41.1 Å². The van der Waals surface area contributed by atoms with Gasteiger partial charge in [0.1, 0.15) is 5.82 Å². The molecule has 2 rings (SSSR count). The molecule has 3 nitrogen and oxygen atoms in total. The van der Waals surface area contributed by atoms with Crippen molar-refractivity contribution in [2.24, 2.45) is 0 Å². The van der Waals surface area contributed by atoms with Crippen molar-refractivity contribution < 1.29 is 18.0 Å². The van der Waals surface area contributed by atoms with Crippen LogP contribution >= 0.6 is 11.8 Å². The second kappa shape index (κ2) is 7.92. The first-order chi connectivity index (χ1) is 10.9. The molecule has 2 aromatic rings. The highest BCUT2D eigenvalue weighted by atomic mass is 32.2. The lowest BCUT2D eigenvalue weighted by molar-refractivity contribution is -0.114. The van der Waals surface area contributed by atoms with Crippen molar-refractivity contribution in [3.8, 4) is 0 Å². The molecule has 0 spiro atoms. The van der Waals surface area contributed by atoms with Crippen molar-refractivity contribution in [3.05, 3.63) is 53.8 Å². The minimum atomic E-state index is -2.48. The smallest absolute Gasteiger partial charge is 0.288 e. The predicted octanol–water partition coefficient (Wildman–Crippen LogP) is 4.50. The van der Waals surface area contributed by atoms with Gasteiger partial charge in [0, 0.05) is 10.6 Å². The molecule has 0 aliphatic rings. The minimum Gasteiger partial charge on any atom is -0.374 e. The maximum Gasteiger partial charge on any atom is 0.288 e. The molecule has 0 aliphatic heterocycles. The van der Waals surface area contributed by atoms with Gasteiger partial charge < -0.3 is 10.6 Å². The Labute approximate surface area is 136 Å². The molecule has 0 bridgehead atoms. The Balaban J connectivity index is 1.87. The summed E-state index contributed by atoms with van der Waals surface area (Å²) in [6.45, 7) is 1.67. The van der Waals surface area contributed by atoms with E-state index in [4.69, 9.17) is 0 Å². The number of thioether (sulfide) groups is 1. The first-order valence-electron chi connectivity index (χ1n) is 6.79. The summed E-state index contributed by atoms with van der Waals surface area (Å²) < 4.78 is 38.0. The van der Waals surface area contributed by atoms with Gasteiger partial charge in [-0.25, -0.2) is 4.39 Å². The van der Waals surface area contributed by atoms with Crippen molar-refractivity contribution in [2.75, 3.05) is 17.2 Å². The van der Waals surface area contributed by atoms with Crippen LogP contribution in [0.25, 0.3) is 0 Å². The first-order valence-corrected chi connectivity index (χ1v) is 7.67. The second-order valence-electron chi connectivity index (χ2n) is 4.79. The van der Waals surface area contributed by atoms with E-state index < -0.39 is 11.6 Å². The van der Waals surface area contributed by atoms with Crippen molar-refractivity contribution in [2.45, 2.75) is 17.6 Å². The van der Waals surface area contributed by atoms with Gasteiger partial charge in [0.25, 0.3) is 5.76 Å². The van der Waals surface area contributed by atoms with E-state index in [9.17, 15) is 18.0 Å². The number of hydrogen-bond acceptors (Lipinski definition) is 3. The zero-order chi connectivity index (χ0) is 16.8. The lowest BCUT2D eigenvalue weighted by Gasteiger charge is -2.09. The zero-order valence-electron chi connectivity index (χ0n) is 12.3. The molecule has 0 aromatic heterocycles. The number of benzene rings is 2. The molecule has 0 saturated carbocycles. The molecule has 0 aliphatic carbocycles. The predicted molar refractivity (Wildman–Crippen MR) is 86.6 cm³/mol. The molecule has 2 N–H and O–H groups in total. The van der Waals surface area contributed by atoms with Crippen LogP contribution in [0.4, 0.5) is 24.5 Å². The summed E-state index contributed by atoms with van der Waals surface area (Å²) >= 11 is 0.436. The van der Waals surface area contributed by atoms with E-state index >= 15 is 0 Å². The van der Waals surface area contributed by atoms with Gasteiger partial charge in [-0.15, -0.1) is 0 Å². The highest BCUT2D eigenvalue weighted by Gasteiger charge is 2.07. The van der Waals surface area contributed by atoms with E-state index in [1.54, 1.807) is 19.1 Å². The number of carbonyl (C=O) groups excluding carboxylic acids is 1. The van der Waals surface area contributed by atoms with E-state index in [0.29, 0.717) is 22.3 Å². The van der Waals surface area contributed by atoms with E-state index in [1.165, 1.54) is 30.3 Å². The Morgan fingerprint density at radius 3 is 2.48 bits per heavy atom. The fraction of sp³-hybridized carbons (Fsp3) is 0.188. The van der Waals surface area contributed by atoms with Crippen LogP contribution in [0.3, 0.4) is 0 Å². The minimum absolute atomic E-state index is 0.104. The van der Waals surface area contributed by atoms with Crippen LogP contribution in [0.5, 0.6) is 0 Å². The van der Waals surface area contributed by atoms with Gasteiger partial charge >= 0.3 is 0 Å². The fourth-order valence-corrected chi connectivity index (χ4v) is 2.36.